The second-order valence-corrected chi connectivity index (χ2v) is 6.43. The number of benzene rings is 2. The molecule has 0 bridgehead atoms. The standard InChI is InChI=1S/C19H13N3O4S/c23-18-14-3-1-2-4-16(14)22(10-17(18)26-19(24)25)9-12-5-7-13(8-6-12)15-11-27-21-20-15/h1-8,10-11H,9H2,(H,24,25). The van der Waals surface area contributed by atoms with Gasteiger partial charge in [-0.05, 0) is 29.2 Å². The summed E-state index contributed by atoms with van der Waals surface area (Å²) in [5.74, 6) is -0.216. The average molecular weight is 379 g/mol. The zero-order valence-electron chi connectivity index (χ0n) is 13.9. The Kier molecular flexibility index (Phi) is 4.39. The largest absolute Gasteiger partial charge is 0.511 e. The van der Waals surface area contributed by atoms with E-state index in [-0.39, 0.29) is 5.75 Å². The van der Waals surface area contributed by atoms with Gasteiger partial charge in [0.1, 0.15) is 5.69 Å². The van der Waals surface area contributed by atoms with E-state index in [1.165, 1.54) is 17.7 Å². The van der Waals surface area contributed by atoms with Crippen LogP contribution in [0.1, 0.15) is 5.56 Å². The van der Waals surface area contributed by atoms with Crippen molar-refractivity contribution in [3.63, 3.8) is 0 Å². The molecule has 0 amide bonds. The highest BCUT2D eigenvalue weighted by Crippen LogP contribution is 2.21. The third-order valence-electron chi connectivity index (χ3n) is 4.11. The lowest BCUT2D eigenvalue weighted by atomic mass is 10.1. The molecule has 0 saturated carbocycles. The van der Waals surface area contributed by atoms with Gasteiger partial charge in [-0.25, -0.2) is 4.79 Å². The van der Waals surface area contributed by atoms with E-state index >= 15 is 0 Å². The van der Waals surface area contributed by atoms with Gasteiger partial charge in [-0.1, -0.05) is 40.9 Å². The Morgan fingerprint density at radius 1 is 1.15 bits per heavy atom. The molecule has 0 radical (unpaired) electrons. The number of ether oxygens (including phenoxy) is 1. The van der Waals surface area contributed by atoms with Gasteiger partial charge in [0.05, 0.1) is 11.7 Å². The van der Waals surface area contributed by atoms with Crippen molar-refractivity contribution < 1.29 is 14.6 Å². The summed E-state index contributed by atoms with van der Waals surface area (Å²) in [5, 5.41) is 15.2. The summed E-state index contributed by atoms with van der Waals surface area (Å²) in [6, 6.07) is 14.8. The first kappa shape index (κ1) is 16.9. The van der Waals surface area contributed by atoms with Crippen LogP contribution in [0.15, 0.2) is 64.9 Å². The van der Waals surface area contributed by atoms with Gasteiger partial charge in [-0.3, -0.25) is 4.79 Å². The predicted molar refractivity (Wildman–Crippen MR) is 101 cm³/mol. The van der Waals surface area contributed by atoms with Crippen molar-refractivity contribution in [1.82, 2.24) is 14.2 Å². The second-order valence-electron chi connectivity index (χ2n) is 5.82. The van der Waals surface area contributed by atoms with E-state index in [2.05, 4.69) is 14.3 Å². The number of carbonyl (C=O) groups is 1. The summed E-state index contributed by atoms with van der Waals surface area (Å²) in [6.07, 6.45) is -0.0907. The van der Waals surface area contributed by atoms with Crippen LogP contribution in [0.4, 0.5) is 4.79 Å². The van der Waals surface area contributed by atoms with Crippen molar-refractivity contribution in [3.8, 4) is 17.0 Å². The highest BCUT2D eigenvalue weighted by atomic mass is 32.1. The molecule has 0 unspecified atom stereocenters. The molecule has 0 aliphatic carbocycles. The maximum Gasteiger partial charge on any atom is 0.511 e. The minimum Gasteiger partial charge on any atom is -0.449 e. The number of rotatable bonds is 4. The number of pyridine rings is 1. The SMILES string of the molecule is O=C(O)Oc1cn(Cc2ccc(-c3csnn3)cc2)c2ccccc2c1=O. The monoisotopic (exact) mass is 379 g/mol. The summed E-state index contributed by atoms with van der Waals surface area (Å²) < 4.78 is 10.3. The highest BCUT2D eigenvalue weighted by Gasteiger charge is 2.13. The molecule has 134 valence electrons. The molecule has 0 aliphatic rings. The van der Waals surface area contributed by atoms with E-state index in [0.717, 1.165) is 16.8 Å². The summed E-state index contributed by atoms with van der Waals surface area (Å²) in [7, 11) is 0. The lowest BCUT2D eigenvalue weighted by Crippen LogP contribution is -2.16. The zero-order valence-corrected chi connectivity index (χ0v) is 14.7. The molecule has 0 saturated heterocycles. The Balaban J connectivity index is 1.73. The molecular weight excluding hydrogens is 366 g/mol. The number of aromatic nitrogens is 3. The van der Waals surface area contributed by atoms with Crippen LogP contribution >= 0.6 is 11.5 Å². The average Bonchev–Trinajstić information content (AvgIpc) is 3.20. The Labute approximate surface area is 157 Å². The first-order valence-electron chi connectivity index (χ1n) is 8.01. The fraction of sp³-hybridized carbons (Fsp3) is 0.0526. The molecule has 7 nitrogen and oxygen atoms in total. The Bertz CT molecular complexity index is 1170. The molecule has 27 heavy (non-hydrogen) atoms. The summed E-state index contributed by atoms with van der Waals surface area (Å²) in [4.78, 5) is 23.3. The van der Waals surface area contributed by atoms with Crippen molar-refractivity contribution in [2.45, 2.75) is 6.54 Å². The molecular formula is C19H13N3O4S. The zero-order chi connectivity index (χ0) is 18.8. The lowest BCUT2D eigenvalue weighted by Gasteiger charge is -2.13. The molecule has 0 spiro atoms. The van der Waals surface area contributed by atoms with Gasteiger partial charge >= 0.3 is 6.16 Å². The van der Waals surface area contributed by atoms with E-state index in [9.17, 15) is 9.59 Å². The number of para-hydroxylation sites is 1. The maximum atomic E-state index is 12.4. The van der Waals surface area contributed by atoms with Crippen LogP contribution < -0.4 is 10.2 Å². The molecule has 2 heterocycles. The quantitative estimate of drug-likeness (QED) is 0.544. The van der Waals surface area contributed by atoms with Crippen molar-refractivity contribution in [2.24, 2.45) is 0 Å². The molecule has 2 aromatic heterocycles. The molecule has 2 aromatic carbocycles. The third kappa shape index (κ3) is 3.42. The smallest absolute Gasteiger partial charge is 0.449 e. The Hall–Kier alpha value is -3.52. The van der Waals surface area contributed by atoms with Crippen molar-refractivity contribution >= 4 is 28.6 Å². The minimum absolute atomic E-state index is 0.216. The number of fused-ring (bicyclic) bond motifs is 1. The van der Waals surface area contributed by atoms with Crippen LogP contribution in [-0.2, 0) is 6.54 Å². The van der Waals surface area contributed by atoms with Gasteiger partial charge < -0.3 is 14.4 Å². The highest BCUT2D eigenvalue weighted by molar-refractivity contribution is 7.03. The maximum absolute atomic E-state index is 12.4. The third-order valence-corrected chi connectivity index (χ3v) is 4.62. The lowest BCUT2D eigenvalue weighted by molar-refractivity contribution is 0.144. The van der Waals surface area contributed by atoms with Gasteiger partial charge in [-0.2, -0.15) is 0 Å². The van der Waals surface area contributed by atoms with Gasteiger partial charge in [0, 0.05) is 22.9 Å². The van der Waals surface area contributed by atoms with Crippen molar-refractivity contribution in [3.05, 3.63) is 75.9 Å². The summed E-state index contributed by atoms with van der Waals surface area (Å²) in [6.45, 7) is 0.451. The normalized spacial score (nSPS) is 10.8. The first-order valence-corrected chi connectivity index (χ1v) is 8.85. The van der Waals surface area contributed by atoms with Crippen molar-refractivity contribution in [2.75, 3.05) is 0 Å². The van der Waals surface area contributed by atoms with Crippen LogP contribution in [0, 0.1) is 0 Å². The first-order chi connectivity index (χ1) is 13.1. The number of hydrogen-bond acceptors (Lipinski definition) is 6. The van der Waals surface area contributed by atoms with Gasteiger partial charge in [0.25, 0.3) is 0 Å². The molecule has 4 aromatic rings. The molecule has 0 fully saturated rings. The van der Waals surface area contributed by atoms with Crippen LogP contribution in [0.25, 0.3) is 22.2 Å². The fourth-order valence-corrected chi connectivity index (χ4v) is 3.35. The van der Waals surface area contributed by atoms with Gasteiger partial charge in [0.15, 0.2) is 5.75 Å². The minimum atomic E-state index is -1.52. The van der Waals surface area contributed by atoms with E-state index in [1.54, 1.807) is 16.7 Å². The van der Waals surface area contributed by atoms with Crippen LogP contribution in [0.3, 0.4) is 0 Å². The molecule has 0 aliphatic heterocycles. The van der Waals surface area contributed by atoms with Gasteiger partial charge in [-0.15, -0.1) is 5.10 Å². The van der Waals surface area contributed by atoms with E-state index in [0.29, 0.717) is 17.4 Å². The van der Waals surface area contributed by atoms with Gasteiger partial charge in [0.2, 0.25) is 5.43 Å². The summed E-state index contributed by atoms with van der Waals surface area (Å²) in [5.41, 5.74) is 3.02. The summed E-state index contributed by atoms with van der Waals surface area (Å²) >= 11 is 1.29. The number of carboxylic acid groups (broad SMARTS) is 1. The van der Waals surface area contributed by atoms with E-state index in [4.69, 9.17) is 5.11 Å². The molecule has 4 rings (SSSR count). The molecule has 1 N–H and O–H groups in total. The van der Waals surface area contributed by atoms with Crippen LogP contribution in [0.5, 0.6) is 5.75 Å². The fourth-order valence-electron chi connectivity index (χ4n) is 2.88. The Morgan fingerprint density at radius 3 is 2.63 bits per heavy atom. The Morgan fingerprint density at radius 2 is 1.93 bits per heavy atom. The second kappa shape index (κ2) is 7.00. The topological polar surface area (TPSA) is 94.3 Å². The molecule has 8 heteroatoms. The van der Waals surface area contributed by atoms with Crippen LogP contribution in [-0.4, -0.2) is 25.4 Å². The number of hydrogen-bond donors (Lipinski definition) is 1. The van der Waals surface area contributed by atoms with Crippen LogP contribution in [0.2, 0.25) is 0 Å². The molecule has 0 atom stereocenters. The van der Waals surface area contributed by atoms with Crippen molar-refractivity contribution in [1.29, 1.82) is 0 Å². The predicted octanol–water partition coefficient (Wildman–Crippen LogP) is 3.63. The number of nitrogens with zero attached hydrogens (tertiary/aromatic N) is 3. The van der Waals surface area contributed by atoms with E-state index in [1.807, 2.05) is 41.8 Å². The van der Waals surface area contributed by atoms with E-state index < -0.39 is 11.6 Å².